The lowest BCUT2D eigenvalue weighted by Crippen LogP contribution is -2.52. The van der Waals surface area contributed by atoms with Crippen molar-refractivity contribution in [2.75, 3.05) is 0 Å². The van der Waals surface area contributed by atoms with Crippen LogP contribution in [0.1, 0.15) is 40.6 Å². The van der Waals surface area contributed by atoms with E-state index in [0.717, 1.165) is 33.4 Å². The van der Waals surface area contributed by atoms with Crippen molar-refractivity contribution >= 4 is 18.3 Å². The van der Waals surface area contributed by atoms with Crippen molar-refractivity contribution in [1.29, 1.82) is 0 Å². The Kier molecular flexibility index (Phi) is 4.38. The van der Waals surface area contributed by atoms with Gasteiger partial charge in [0.1, 0.15) is 0 Å². The zero-order valence-corrected chi connectivity index (χ0v) is 17.9. The molecular formula is C25H24BF2N3. The van der Waals surface area contributed by atoms with Gasteiger partial charge >= 0.3 is 6.97 Å². The summed E-state index contributed by atoms with van der Waals surface area (Å²) in [6.45, 7) is 1.97. The summed E-state index contributed by atoms with van der Waals surface area (Å²) in [5, 5.41) is 0. The van der Waals surface area contributed by atoms with E-state index in [9.17, 15) is 0 Å². The third-order valence-corrected chi connectivity index (χ3v) is 6.29. The van der Waals surface area contributed by atoms with Gasteiger partial charge in [0.05, 0.1) is 5.57 Å². The standard InChI is InChI=1S/C25H24BF2N3/c1-16-13-18(3)30-24(16)23(21-11-9-19(15-29)10-12-21)25-17(2)14-22(31(25)26(30,27)28)20-7-5-4-6-8-20/h4-14H,15,29H2,1-3H3. The lowest BCUT2D eigenvalue weighted by Gasteiger charge is -2.34. The minimum atomic E-state index is -4.06. The number of halogens is 2. The summed E-state index contributed by atoms with van der Waals surface area (Å²) in [6.07, 6.45) is 1.88. The predicted octanol–water partition coefficient (Wildman–Crippen LogP) is 5.02. The summed E-state index contributed by atoms with van der Waals surface area (Å²) in [5.41, 5.74) is 13.3. The van der Waals surface area contributed by atoms with E-state index < -0.39 is 6.97 Å². The molecule has 3 nitrogen and oxygen atoms in total. The van der Waals surface area contributed by atoms with Gasteiger partial charge in [0.25, 0.3) is 0 Å². The number of benzene rings is 2. The van der Waals surface area contributed by atoms with Gasteiger partial charge in [-0.2, -0.15) is 0 Å². The first kappa shape index (κ1) is 19.7. The average Bonchev–Trinajstić information content (AvgIpc) is 3.27. The van der Waals surface area contributed by atoms with Crippen molar-refractivity contribution in [3.63, 3.8) is 0 Å². The molecule has 31 heavy (non-hydrogen) atoms. The van der Waals surface area contributed by atoms with Crippen molar-refractivity contribution in [1.82, 2.24) is 4.48 Å². The zero-order chi connectivity index (χ0) is 21.9. The van der Waals surface area contributed by atoms with E-state index in [-0.39, 0.29) is 0 Å². The van der Waals surface area contributed by atoms with E-state index in [0.29, 0.717) is 29.3 Å². The van der Waals surface area contributed by atoms with E-state index >= 15 is 8.63 Å². The fourth-order valence-corrected chi connectivity index (χ4v) is 4.97. The molecule has 0 fully saturated rings. The quantitative estimate of drug-likeness (QED) is 0.599. The Morgan fingerprint density at radius 3 is 2.26 bits per heavy atom. The van der Waals surface area contributed by atoms with Gasteiger partial charge in [0.2, 0.25) is 0 Å². The summed E-state index contributed by atoms with van der Waals surface area (Å²) in [4.78, 5) is 0. The number of hydrogen-bond donors (Lipinski definition) is 1. The maximum atomic E-state index is 16.2. The molecular weight excluding hydrogens is 391 g/mol. The van der Waals surface area contributed by atoms with E-state index in [1.54, 1.807) is 6.92 Å². The van der Waals surface area contributed by atoms with Crippen LogP contribution in [0.2, 0.25) is 0 Å². The van der Waals surface area contributed by atoms with Crippen LogP contribution in [-0.2, 0) is 6.54 Å². The largest absolute Gasteiger partial charge is 0.737 e. The van der Waals surface area contributed by atoms with Crippen LogP contribution >= 0.6 is 0 Å². The number of aryl methyl sites for hydroxylation is 2. The average molecular weight is 415 g/mol. The smallest absolute Gasteiger partial charge is 0.393 e. The first-order valence-electron chi connectivity index (χ1n) is 10.5. The lowest BCUT2D eigenvalue weighted by atomic mass is 9.83. The van der Waals surface area contributed by atoms with Crippen LogP contribution in [0.25, 0.3) is 5.57 Å². The fourth-order valence-electron chi connectivity index (χ4n) is 4.97. The van der Waals surface area contributed by atoms with Crippen LogP contribution in [0.15, 0.2) is 78.0 Å². The Hall–Kier alpha value is -3.25. The molecule has 2 aliphatic rings. The summed E-state index contributed by atoms with van der Waals surface area (Å²) in [5.74, 6) is 0. The van der Waals surface area contributed by atoms with E-state index in [2.05, 4.69) is 0 Å². The molecule has 2 N–H and O–H groups in total. The van der Waals surface area contributed by atoms with Gasteiger partial charge in [0.15, 0.2) is 11.4 Å². The molecule has 0 radical (unpaired) electrons. The maximum absolute atomic E-state index is 16.2. The number of fused-ring (bicyclic) bond motifs is 2. The molecule has 3 heterocycles. The van der Waals surface area contributed by atoms with Crippen molar-refractivity contribution in [3.8, 4) is 0 Å². The number of nitrogens with zero attached hydrogens (tertiary/aromatic N) is 2. The van der Waals surface area contributed by atoms with Crippen LogP contribution in [0.5, 0.6) is 0 Å². The van der Waals surface area contributed by atoms with Crippen molar-refractivity contribution in [2.24, 2.45) is 5.73 Å². The van der Waals surface area contributed by atoms with E-state index in [1.165, 1.54) is 8.96 Å². The molecule has 3 aromatic rings. The van der Waals surface area contributed by atoms with Crippen LogP contribution in [0.3, 0.4) is 0 Å². The molecule has 0 aliphatic carbocycles. The number of hydrogen-bond acceptors (Lipinski definition) is 1. The minimum absolute atomic E-state index is 0.443. The predicted molar refractivity (Wildman–Crippen MR) is 122 cm³/mol. The second kappa shape index (κ2) is 6.89. The molecule has 5 rings (SSSR count). The Balaban J connectivity index is 1.90. The Labute approximate surface area is 180 Å². The second-order valence-corrected chi connectivity index (χ2v) is 8.35. The Bertz CT molecular complexity index is 1300. The number of nitrogens with two attached hydrogens (primary N) is 1. The van der Waals surface area contributed by atoms with Gasteiger partial charge in [-0.15, -0.1) is 0 Å². The molecule has 0 spiro atoms. The highest BCUT2D eigenvalue weighted by atomic mass is 19.2. The fraction of sp³-hybridized carbons (Fsp3) is 0.160. The molecule has 0 bridgehead atoms. The molecule has 0 unspecified atom stereocenters. The van der Waals surface area contributed by atoms with E-state index in [4.69, 9.17) is 5.73 Å². The highest BCUT2D eigenvalue weighted by molar-refractivity contribution is 6.58. The van der Waals surface area contributed by atoms with Gasteiger partial charge in [-0.1, -0.05) is 42.5 Å². The Morgan fingerprint density at radius 1 is 0.935 bits per heavy atom. The van der Waals surface area contributed by atoms with Gasteiger partial charge in [0, 0.05) is 29.5 Å². The molecule has 1 aromatic heterocycles. The molecule has 6 heteroatoms. The van der Waals surface area contributed by atoms with Crippen LogP contribution in [0.4, 0.5) is 8.63 Å². The summed E-state index contributed by atoms with van der Waals surface area (Å²) < 4.78 is 34.9. The first-order chi connectivity index (χ1) is 14.8. The summed E-state index contributed by atoms with van der Waals surface area (Å²) in [7, 11) is 0. The highest BCUT2D eigenvalue weighted by Gasteiger charge is 2.55. The maximum Gasteiger partial charge on any atom is 0.737 e. The van der Waals surface area contributed by atoms with Crippen LogP contribution in [-0.4, -0.2) is 21.6 Å². The molecule has 156 valence electrons. The van der Waals surface area contributed by atoms with Crippen LogP contribution in [0, 0.1) is 13.8 Å². The monoisotopic (exact) mass is 415 g/mol. The van der Waals surface area contributed by atoms with Crippen molar-refractivity contribution < 1.29 is 13.1 Å². The van der Waals surface area contributed by atoms with Gasteiger partial charge in [-0.3, -0.25) is 0 Å². The van der Waals surface area contributed by atoms with Crippen molar-refractivity contribution in [2.45, 2.75) is 27.3 Å². The SMILES string of the molecule is CC1=CC(c2ccccc2)=[N+]2C1=C(c1ccc(CN)cc1)c1c(C)cc(C)n1[B-]2(F)F. The molecule has 0 amide bonds. The minimum Gasteiger partial charge on any atom is -0.393 e. The lowest BCUT2D eigenvalue weighted by molar-refractivity contribution is -0.362. The van der Waals surface area contributed by atoms with Crippen LogP contribution < -0.4 is 5.73 Å². The summed E-state index contributed by atoms with van der Waals surface area (Å²) >= 11 is 0. The molecule has 0 saturated carbocycles. The number of aromatic nitrogens is 1. The van der Waals surface area contributed by atoms with Gasteiger partial charge < -0.3 is 23.3 Å². The Morgan fingerprint density at radius 2 is 1.61 bits per heavy atom. The van der Waals surface area contributed by atoms with E-state index in [1.807, 2.05) is 80.6 Å². The normalized spacial score (nSPS) is 17.0. The topological polar surface area (TPSA) is 34.0 Å². The number of allylic oxidation sites excluding steroid dienone is 2. The molecule has 0 saturated heterocycles. The molecule has 0 atom stereocenters. The number of rotatable bonds is 3. The zero-order valence-electron chi connectivity index (χ0n) is 17.9. The molecule has 2 aliphatic heterocycles. The second-order valence-electron chi connectivity index (χ2n) is 8.35. The van der Waals surface area contributed by atoms with Gasteiger partial charge in [-0.25, -0.2) is 0 Å². The first-order valence-corrected chi connectivity index (χ1v) is 10.5. The summed E-state index contributed by atoms with van der Waals surface area (Å²) in [6, 6.07) is 19.2. The third-order valence-electron chi connectivity index (χ3n) is 6.29. The highest BCUT2D eigenvalue weighted by Crippen LogP contribution is 2.44. The van der Waals surface area contributed by atoms with Gasteiger partial charge in [-0.05, 0) is 61.4 Å². The third kappa shape index (κ3) is 2.78. The van der Waals surface area contributed by atoms with Crippen molar-refractivity contribution in [3.05, 3.63) is 112 Å². The molecule has 2 aromatic carbocycles.